The summed E-state index contributed by atoms with van der Waals surface area (Å²) in [6, 6.07) is 7.99. The zero-order valence-corrected chi connectivity index (χ0v) is 18.7. The Balaban J connectivity index is 2.52. The number of ether oxygens (including phenoxy) is 1. The molecule has 1 rings (SSSR count). The van der Waals surface area contributed by atoms with Crippen molar-refractivity contribution in [3.8, 4) is 5.75 Å². The van der Waals surface area contributed by atoms with Crippen molar-refractivity contribution in [2.45, 2.75) is 39.3 Å². The summed E-state index contributed by atoms with van der Waals surface area (Å²) in [4.78, 5) is 6.73. The van der Waals surface area contributed by atoms with Crippen LogP contribution in [-0.2, 0) is 16.4 Å². The largest absolute Gasteiger partial charge is 0.494 e. The lowest BCUT2D eigenvalue weighted by atomic mass is 10.2. The Morgan fingerprint density at radius 1 is 1.25 bits per heavy atom. The van der Waals surface area contributed by atoms with Gasteiger partial charge < -0.3 is 20.3 Å². The molecule has 28 heavy (non-hydrogen) atoms. The highest BCUT2D eigenvalue weighted by Gasteiger charge is 2.09. The Morgan fingerprint density at radius 3 is 2.50 bits per heavy atom. The van der Waals surface area contributed by atoms with E-state index in [1.54, 1.807) is 0 Å². The van der Waals surface area contributed by atoms with Crippen LogP contribution in [0.1, 0.15) is 32.3 Å². The zero-order chi connectivity index (χ0) is 21.0. The molecule has 7 nitrogen and oxygen atoms in total. The minimum absolute atomic E-state index is 0.0190. The molecule has 0 aromatic heterocycles. The number of rotatable bonds is 12. The summed E-state index contributed by atoms with van der Waals surface area (Å²) in [6.07, 6.45) is 2.80. The Bertz CT molecular complexity index is 688. The Kier molecular flexibility index (Phi) is 10.9. The standard InChI is InChI=1S/C20H36N4O3S/c1-6-21-20(23-17(2)12-15-28(5,25)26)22-16-18-8-10-19(11-9-18)27-14-7-13-24(3)4/h8-11,17H,6-7,12-16H2,1-5H3,(H2,21,22,23). The first-order valence-corrected chi connectivity index (χ1v) is 11.8. The maximum atomic E-state index is 11.3. The molecule has 0 radical (unpaired) electrons. The Hall–Kier alpha value is -1.80. The van der Waals surface area contributed by atoms with Crippen molar-refractivity contribution in [2.75, 3.05) is 45.8 Å². The molecule has 0 aliphatic heterocycles. The summed E-state index contributed by atoms with van der Waals surface area (Å²) in [5.74, 6) is 1.72. The van der Waals surface area contributed by atoms with Gasteiger partial charge in [-0.05, 0) is 58.5 Å². The van der Waals surface area contributed by atoms with Crippen molar-refractivity contribution < 1.29 is 13.2 Å². The van der Waals surface area contributed by atoms with Gasteiger partial charge in [0.15, 0.2) is 5.96 Å². The molecule has 160 valence electrons. The van der Waals surface area contributed by atoms with Gasteiger partial charge in [-0.2, -0.15) is 0 Å². The van der Waals surface area contributed by atoms with E-state index in [0.717, 1.165) is 30.8 Å². The number of nitrogens with zero attached hydrogens (tertiary/aromatic N) is 2. The summed E-state index contributed by atoms with van der Waals surface area (Å²) >= 11 is 0. The van der Waals surface area contributed by atoms with Crippen LogP contribution < -0.4 is 15.4 Å². The second kappa shape index (κ2) is 12.6. The molecule has 0 aliphatic rings. The first-order chi connectivity index (χ1) is 13.2. The van der Waals surface area contributed by atoms with Crippen LogP contribution in [0.25, 0.3) is 0 Å². The van der Waals surface area contributed by atoms with E-state index in [2.05, 4.69) is 34.6 Å². The molecule has 0 saturated carbocycles. The lowest BCUT2D eigenvalue weighted by Gasteiger charge is -2.17. The maximum Gasteiger partial charge on any atom is 0.191 e. The molecule has 8 heteroatoms. The Labute approximate surface area is 170 Å². The molecule has 1 aromatic rings. The lowest BCUT2D eigenvalue weighted by Crippen LogP contribution is -2.42. The second-order valence-corrected chi connectivity index (χ2v) is 9.57. The lowest BCUT2D eigenvalue weighted by molar-refractivity contribution is 0.281. The molecular formula is C20H36N4O3S. The number of sulfone groups is 1. The molecule has 1 atom stereocenters. The molecule has 2 N–H and O–H groups in total. The number of hydrogen-bond donors (Lipinski definition) is 2. The van der Waals surface area contributed by atoms with Crippen molar-refractivity contribution >= 4 is 15.8 Å². The third-order valence-corrected chi connectivity index (χ3v) is 4.99. The van der Waals surface area contributed by atoms with E-state index in [1.165, 1.54) is 6.26 Å². The van der Waals surface area contributed by atoms with Gasteiger partial charge in [0.1, 0.15) is 15.6 Å². The molecule has 0 amide bonds. The van der Waals surface area contributed by atoms with Crippen molar-refractivity contribution in [3.05, 3.63) is 29.8 Å². The molecule has 0 spiro atoms. The van der Waals surface area contributed by atoms with Crippen LogP contribution in [-0.4, -0.2) is 71.1 Å². The van der Waals surface area contributed by atoms with Crippen LogP contribution in [0, 0.1) is 0 Å². The van der Waals surface area contributed by atoms with Gasteiger partial charge in [0.25, 0.3) is 0 Å². The van der Waals surface area contributed by atoms with Crippen molar-refractivity contribution in [1.82, 2.24) is 15.5 Å². The predicted octanol–water partition coefficient (Wildman–Crippen LogP) is 1.90. The molecule has 0 bridgehead atoms. The minimum atomic E-state index is -2.95. The van der Waals surface area contributed by atoms with Crippen LogP contribution in [0.4, 0.5) is 0 Å². The third kappa shape index (κ3) is 11.8. The normalized spacial score (nSPS) is 13.4. The van der Waals surface area contributed by atoms with Gasteiger partial charge in [-0.3, -0.25) is 0 Å². The number of aliphatic imine (C=N–C) groups is 1. The highest BCUT2D eigenvalue weighted by molar-refractivity contribution is 7.90. The quantitative estimate of drug-likeness (QED) is 0.310. The average Bonchev–Trinajstić information content (AvgIpc) is 2.62. The van der Waals surface area contributed by atoms with Gasteiger partial charge in [-0.25, -0.2) is 13.4 Å². The first kappa shape index (κ1) is 24.2. The van der Waals surface area contributed by atoms with Crippen molar-refractivity contribution in [3.63, 3.8) is 0 Å². The van der Waals surface area contributed by atoms with E-state index in [1.807, 2.05) is 38.1 Å². The molecule has 0 aliphatic carbocycles. The summed E-state index contributed by atoms with van der Waals surface area (Å²) in [5, 5.41) is 6.46. The van der Waals surface area contributed by atoms with Crippen LogP contribution in [0.3, 0.4) is 0 Å². The molecule has 0 heterocycles. The van der Waals surface area contributed by atoms with Crippen molar-refractivity contribution in [1.29, 1.82) is 0 Å². The van der Waals surface area contributed by atoms with Crippen LogP contribution in [0.2, 0.25) is 0 Å². The number of benzene rings is 1. The van der Waals surface area contributed by atoms with E-state index in [9.17, 15) is 8.42 Å². The third-order valence-electron chi connectivity index (χ3n) is 4.01. The Morgan fingerprint density at radius 2 is 1.93 bits per heavy atom. The second-order valence-electron chi connectivity index (χ2n) is 7.31. The fourth-order valence-corrected chi connectivity index (χ4v) is 3.23. The van der Waals surface area contributed by atoms with Gasteiger partial charge in [0.05, 0.1) is 18.9 Å². The van der Waals surface area contributed by atoms with Crippen LogP contribution >= 0.6 is 0 Å². The monoisotopic (exact) mass is 412 g/mol. The van der Waals surface area contributed by atoms with E-state index >= 15 is 0 Å². The van der Waals surface area contributed by atoms with Gasteiger partial charge in [-0.15, -0.1) is 0 Å². The highest BCUT2D eigenvalue weighted by Crippen LogP contribution is 2.13. The van der Waals surface area contributed by atoms with E-state index in [-0.39, 0.29) is 11.8 Å². The molecule has 0 fully saturated rings. The zero-order valence-electron chi connectivity index (χ0n) is 17.9. The topological polar surface area (TPSA) is 83.0 Å². The van der Waals surface area contributed by atoms with Crippen LogP contribution in [0.15, 0.2) is 29.3 Å². The van der Waals surface area contributed by atoms with E-state index < -0.39 is 9.84 Å². The summed E-state index contributed by atoms with van der Waals surface area (Å²) in [5.41, 5.74) is 1.08. The summed E-state index contributed by atoms with van der Waals surface area (Å²) in [7, 11) is 1.15. The molecule has 1 unspecified atom stereocenters. The number of guanidine groups is 1. The van der Waals surface area contributed by atoms with Crippen LogP contribution in [0.5, 0.6) is 5.75 Å². The maximum absolute atomic E-state index is 11.3. The molecule has 1 aromatic carbocycles. The fourth-order valence-electron chi connectivity index (χ4n) is 2.45. The summed E-state index contributed by atoms with van der Waals surface area (Å²) < 4.78 is 28.4. The smallest absolute Gasteiger partial charge is 0.191 e. The average molecular weight is 413 g/mol. The molecular weight excluding hydrogens is 376 g/mol. The van der Waals surface area contributed by atoms with Gasteiger partial charge in [0, 0.05) is 25.4 Å². The van der Waals surface area contributed by atoms with Crippen molar-refractivity contribution in [2.24, 2.45) is 4.99 Å². The fraction of sp³-hybridized carbons (Fsp3) is 0.650. The number of hydrogen-bond acceptors (Lipinski definition) is 5. The van der Waals surface area contributed by atoms with Gasteiger partial charge in [-0.1, -0.05) is 12.1 Å². The SMILES string of the molecule is CCNC(=NCc1ccc(OCCCN(C)C)cc1)NC(C)CCS(C)(=O)=O. The number of nitrogens with one attached hydrogen (secondary N) is 2. The molecule has 0 saturated heterocycles. The highest BCUT2D eigenvalue weighted by atomic mass is 32.2. The van der Waals surface area contributed by atoms with Gasteiger partial charge in [0.2, 0.25) is 0 Å². The van der Waals surface area contributed by atoms with E-state index in [4.69, 9.17) is 4.74 Å². The van der Waals surface area contributed by atoms with E-state index in [0.29, 0.717) is 25.5 Å². The first-order valence-electron chi connectivity index (χ1n) is 9.78. The minimum Gasteiger partial charge on any atom is -0.494 e. The predicted molar refractivity (Wildman–Crippen MR) is 117 cm³/mol. The summed E-state index contributed by atoms with van der Waals surface area (Å²) in [6.45, 7) is 6.95. The van der Waals surface area contributed by atoms with Gasteiger partial charge >= 0.3 is 0 Å².